The summed E-state index contributed by atoms with van der Waals surface area (Å²) >= 11 is 6.02. The van der Waals surface area contributed by atoms with Gasteiger partial charge in [-0.25, -0.2) is 0 Å². The number of nitrogens with one attached hydrogen (secondary N) is 2. The Kier molecular flexibility index (Phi) is 7.15. The topological polar surface area (TPSA) is 66.2 Å². The molecule has 0 amide bonds. The molecule has 110 valence electrons. The molecule has 0 aliphatic carbocycles. The van der Waals surface area contributed by atoms with E-state index in [2.05, 4.69) is 22.2 Å². The molecule has 2 rings (SSSR count). The maximum absolute atomic E-state index is 6.02. The molecule has 0 atom stereocenters. The van der Waals surface area contributed by atoms with Crippen LogP contribution in [-0.2, 0) is 6.42 Å². The van der Waals surface area contributed by atoms with Crippen molar-refractivity contribution in [3.05, 3.63) is 35.0 Å². The van der Waals surface area contributed by atoms with Crippen LogP contribution >= 0.6 is 35.6 Å². The summed E-state index contributed by atoms with van der Waals surface area (Å²) in [6.45, 7) is 3.60. The largest absolute Gasteiger partial charge is 0.370 e. The maximum Gasteiger partial charge on any atom is 0.188 e. The second kappa shape index (κ2) is 8.36. The summed E-state index contributed by atoms with van der Waals surface area (Å²) in [6.07, 6.45) is 3.90. The Morgan fingerprint density at radius 3 is 3.00 bits per heavy atom. The molecule has 0 saturated heterocycles. The fourth-order valence-corrected chi connectivity index (χ4v) is 2.14. The van der Waals surface area contributed by atoms with Gasteiger partial charge in [0.05, 0.1) is 0 Å². The van der Waals surface area contributed by atoms with Gasteiger partial charge >= 0.3 is 0 Å². The molecule has 0 spiro atoms. The standard InChI is InChI=1S/C14H19ClN4.HI/c1-2-6-17-14(16)18-7-5-10-9-19-13-4-3-11(15)8-12(10)13;/h3-4,8-9,19H,2,5-7H2,1H3,(H3,16,17,18);1H. The molecule has 4 nitrogen and oxygen atoms in total. The number of halogens is 2. The minimum Gasteiger partial charge on any atom is -0.370 e. The first kappa shape index (κ1) is 17.1. The van der Waals surface area contributed by atoms with Crippen molar-refractivity contribution in [2.45, 2.75) is 19.8 Å². The number of nitrogens with two attached hydrogens (primary N) is 1. The Labute approximate surface area is 141 Å². The average Bonchev–Trinajstić information content (AvgIpc) is 2.79. The third-order valence-corrected chi connectivity index (χ3v) is 3.17. The van der Waals surface area contributed by atoms with Crippen LogP contribution in [0.1, 0.15) is 18.9 Å². The highest BCUT2D eigenvalue weighted by atomic mass is 127. The fraction of sp³-hybridized carbons (Fsp3) is 0.357. The first-order valence-electron chi connectivity index (χ1n) is 6.50. The molecule has 0 unspecified atom stereocenters. The lowest BCUT2D eigenvalue weighted by molar-refractivity contribution is 0.842. The van der Waals surface area contributed by atoms with Gasteiger partial charge in [0.15, 0.2) is 5.96 Å². The molecule has 2 aromatic rings. The number of aliphatic imine (C=N–C) groups is 1. The van der Waals surface area contributed by atoms with E-state index in [0.29, 0.717) is 5.96 Å². The Morgan fingerprint density at radius 2 is 2.25 bits per heavy atom. The predicted molar refractivity (Wildman–Crippen MR) is 97.2 cm³/mol. The highest BCUT2D eigenvalue weighted by Crippen LogP contribution is 2.22. The zero-order valence-corrected chi connectivity index (χ0v) is 14.5. The predicted octanol–water partition coefficient (Wildman–Crippen LogP) is 3.30. The average molecular weight is 407 g/mol. The molecular weight excluding hydrogens is 387 g/mol. The van der Waals surface area contributed by atoms with Crippen molar-refractivity contribution in [3.8, 4) is 0 Å². The third kappa shape index (κ3) is 4.56. The molecule has 6 heteroatoms. The second-order valence-corrected chi connectivity index (χ2v) is 4.88. The SMILES string of the molecule is CCCN=C(N)NCCc1c[nH]c2ccc(Cl)cc12.I. The molecule has 1 aromatic carbocycles. The van der Waals surface area contributed by atoms with Gasteiger partial charge in [-0.1, -0.05) is 18.5 Å². The molecule has 0 fully saturated rings. The summed E-state index contributed by atoms with van der Waals surface area (Å²) in [6, 6.07) is 5.86. The van der Waals surface area contributed by atoms with E-state index in [0.717, 1.165) is 36.5 Å². The normalized spacial score (nSPS) is 11.4. The first-order chi connectivity index (χ1) is 9.20. The van der Waals surface area contributed by atoms with Crippen LogP contribution in [0.2, 0.25) is 5.02 Å². The highest BCUT2D eigenvalue weighted by molar-refractivity contribution is 14.0. The number of rotatable bonds is 5. The molecule has 0 aliphatic rings. The van der Waals surface area contributed by atoms with E-state index >= 15 is 0 Å². The highest BCUT2D eigenvalue weighted by Gasteiger charge is 2.04. The number of fused-ring (bicyclic) bond motifs is 1. The lowest BCUT2D eigenvalue weighted by atomic mass is 10.1. The molecule has 0 radical (unpaired) electrons. The number of hydrogen-bond donors (Lipinski definition) is 3. The van der Waals surface area contributed by atoms with Crippen molar-refractivity contribution in [1.29, 1.82) is 0 Å². The van der Waals surface area contributed by atoms with E-state index < -0.39 is 0 Å². The van der Waals surface area contributed by atoms with Crippen molar-refractivity contribution in [2.75, 3.05) is 13.1 Å². The van der Waals surface area contributed by atoms with Gasteiger partial charge in [0, 0.05) is 35.2 Å². The van der Waals surface area contributed by atoms with Gasteiger partial charge in [-0.05, 0) is 36.6 Å². The molecule has 0 saturated carbocycles. The van der Waals surface area contributed by atoms with E-state index in [4.69, 9.17) is 17.3 Å². The molecule has 1 heterocycles. The summed E-state index contributed by atoms with van der Waals surface area (Å²) in [5, 5.41) is 5.04. The fourth-order valence-electron chi connectivity index (χ4n) is 1.97. The smallest absolute Gasteiger partial charge is 0.188 e. The van der Waals surface area contributed by atoms with Gasteiger partial charge in [-0.15, -0.1) is 24.0 Å². The Hall–Kier alpha value is -0.950. The van der Waals surface area contributed by atoms with Gasteiger partial charge in [-0.2, -0.15) is 0 Å². The lowest BCUT2D eigenvalue weighted by Gasteiger charge is -2.05. The van der Waals surface area contributed by atoms with Crippen LogP contribution < -0.4 is 11.1 Å². The third-order valence-electron chi connectivity index (χ3n) is 2.94. The van der Waals surface area contributed by atoms with Crippen LogP contribution in [0.25, 0.3) is 10.9 Å². The molecule has 20 heavy (non-hydrogen) atoms. The zero-order valence-electron chi connectivity index (χ0n) is 11.4. The quantitative estimate of drug-likeness (QED) is 0.405. The molecule has 4 N–H and O–H groups in total. The van der Waals surface area contributed by atoms with Crippen LogP contribution in [0.4, 0.5) is 0 Å². The Balaban J connectivity index is 0.00000200. The number of aromatic amines is 1. The van der Waals surface area contributed by atoms with Gasteiger partial charge in [-0.3, -0.25) is 4.99 Å². The summed E-state index contributed by atoms with van der Waals surface area (Å²) < 4.78 is 0. The van der Waals surface area contributed by atoms with Crippen LogP contribution in [0.3, 0.4) is 0 Å². The molecule has 0 aliphatic heterocycles. The summed E-state index contributed by atoms with van der Waals surface area (Å²) in [5.41, 5.74) is 8.08. The van der Waals surface area contributed by atoms with Crippen LogP contribution in [0.5, 0.6) is 0 Å². The van der Waals surface area contributed by atoms with E-state index in [1.54, 1.807) is 0 Å². The Bertz CT molecular complexity index is 580. The van der Waals surface area contributed by atoms with Gasteiger partial charge < -0.3 is 16.0 Å². The Morgan fingerprint density at radius 1 is 1.45 bits per heavy atom. The van der Waals surface area contributed by atoms with Crippen molar-refractivity contribution in [2.24, 2.45) is 10.7 Å². The number of nitrogens with zero attached hydrogens (tertiary/aromatic N) is 1. The van der Waals surface area contributed by atoms with E-state index in [1.165, 1.54) is 10.9 Å². The second-order valence-electron chi connectivity index (χ2n) is 4.45. The number of H-pyrrole nitrogens is 1. The van der Waals surface area contributed by atoms with Gasteiger partial charge in [0.1, 0.15) is 0 Å². The van der Waals surface area contributed by atoms with E-state index in [9.17, 15) is 0 Å². The lowest BCUT2D eigenvalue weighted by Crippen LogP contribution is -2.33. The van der Waals surface area contributed by atoms with Crippen molar-refractivity contribution < 1.29 is 0 Å². The number of guanidine groups is 1. The van der Waals surface area contributed by atoms with Crippen LogP contribution in [0, 0.1) is 0 Å². The van der Waals surface area contributed by atoms with Gasteiger partial charge in [0.25, 0.3) is 0 Å². The van der Waals surface area contributed by atoms with E-state index in [1.807, 2.05) is 24.4 Å². The monoisotopic (exact) mass is 406 g/mol. The van der Waals surface area contributed by atoms with Crippen LogP contribution in [-0.4, -0.2) is 24.0 Å². The number of hydrogen-bond acceptors (Lipinski definition) is 1. The van der Waals surface area contributed by atoms with Crippen molar-refractivity contribution in [1.82, 2.24) is 10.3 Å². The van der Waals surface area contributed by atoms with E-state index in [-0.39, 0.29) is 24.0 Å². The summed E-state index contributed by atoms with van der Waals surface area (Å²) in [4.78, 5) is 7.43. The maximum atomic E-state index is 6.02. The van der Waals surface area contributed by atoms with Crippen molar-refractivity contribution in [3.63, 3.8) is 0 Å². The zero-order chi connectivity index (χ0) is 13.7. The first-order valence-corrected chi connectivity index (χ1v) is 6.88. The summed E-state index contributed by atoms with van der Waals surface area (Å²) in [5.74, 6) is 0.514. The number of aromatic nitrogens is 1. The van der Waals surface area contributed by atoms with Crippen LogP contribution in [0.15, 0.2) is 29.4 Å². The number of benzene rings is 1. The molecule has 0 bridgehead atoms. The molecule has 1 aromatic heterocycles. The molecular formula is C14H20ClIN4. The minimum atomic E-state index is 0. The van der Waals surface area contributed by atoms with Gasteiger partial charge in [0.2, 0.25) is 0 Å². The summed E-state index contributed by atoms with van der Waals surface area (Å²) in [7, 11) is 0. The minimum absolute atomic E-state index is 0. The van der Waals surface area contributed by atoms with Crippen molar-refractivity contribution >= 4 is 52.4 Å².